The highest BCUT2D eigenvalue weighted by atomic mass is 32.1. The van der Waals surface area contributed by atoms with Crippen LogP contribution in [-0.2, 0) is 10.3 Å². The van der Waals surface area contributed by atoms with Crippen molar-refractivity contribution >= 4 is 22.9 Å². The van der Waals surface area contributed by atoms with Crippen molar-refractivity contribution in [2.45, 2.75) is 26.3 Å². The zero-order valence-corrected chi connectivity index (χ0v) is 12.8. The number of amides is 1. The number of anilines is 1. The quantitative estimate of drug-likeness (QED) is 0.890. The van der Waals surface area contributed by atoms with E-state index < -0.39 is 0 Å². The van der Waals surface area contributed by atoms with Gasteiger partial charge in [-0.1, -0.05) is 18.2 Å². The maximum atomic E-state index is 11.9. The number of rotatable bonds is 5. The summed E-state index contributed by atoms with van der Waals surface area (Å²) in [6.45, 7) is 6.34. The Kier molecular flexibility index (Phi) is 4.52. The molecule has 0 saturated heterocycles. The lowest BCUT2D eigenvalue weighted by Gasteiger charge is -2.23. The van der Waals surface area contributed by atoms with E-state index in [1.165, 1.54) is 4.88 Å². The number of hydrogen-bond acceptors (Lipinski definition) is 4. The summed E-state index contributed by atoms with van der Waals surface area (Å²) in [4.78, 5) is 17.4. The number of aryl methyl sites for hydroxylation is 1. The molecule has 2 aromatic rings. The molecular weight excluding hydrogens is 270 g/mol. The van der Waals surface area contributed by atoms with Gasteiger partial charge in [0.15, 0.2) is 0 Å². The summed E-state index contributed by atoms with van der Waals surface area (Å²) in [6, 6.07) is 9.44. The van der Waals surface area contributed by atoms with Crippen molar-refractivity contribution in [2.75, 3.05) is 11.9 Å². The Balaban J connectivity index is 1.89. The molecule has 1 aromatic heterocycles. The van der Waals surface area contributed by atoms with E-state index in [1.54, 1.807) is 11.3 Å². The summed E-state index contributed by atoms with van der Waals surface area (Å²) in [5.74, 6) is -0.0578. The van der Waals surface area contributed by atoms with Gasteiger partial charge in [0.25, 0.3) is 0 Å². The number of hydrogen-bond donors (Lipinski definition) is 2. The smallest absolute Gasteiger partial charge is 0.238 e. The Morgan fingerprint density at radius 3 is 2.60 bits per heavy atom. The van der Waals surface area contributed by atoms with Crippen molar-refractivity contribution < 1.29 is 4.79 Å². The van der Waals surface area contributed by atoms with Crippen molar-refractivity contribution in [3.05, 3.63) is 46.4 Å². The number of thiazole rings is 1. The number of nitrogens with one attached hydrogen (secondary N) is 2. The predicted molar refractivity (Wildman–Crippen MR) is 83.0 cm³/mol. The Morgan fingerprint density at radius 2 is 2.00 bits per heavy atom. The van der Waals surface area contributed by atoms with Gasteiger partial charge in [-0.3, -0.25) is 10.1 Å². The third-order valence-corrected chi connectivity index (χ3v) is 4.14. The molecule has 0 aliphatic rings. The molecule has 0 bridgehead atoms. The molecule has 0 aliphatic heterocycles. The summed E-state index contributed by atoms with van der Waals surface area (Å²) >= 11 is 1.65. The Hall–Kier alpha value is -1.72. The van der Waals surface area contributed by atoms with Crippen LogP contribution in [0.5, 0.6) is 0 Å². The number of para-hydroxylation sites is 1. The van der Waals surface area contributed by atoms with Crippen LogP contribution in [0.25, 0.3) is 0 Å². The maximum Gasteiger partial charge on any atom is 0.238 e. The topological polar surface area (TPSA) is 54.0 Å². The fraction of sp³-hybridized carbons (Fsp3) is 0.333. The van der Waals surface area contributed by atoms with Gasteiger partial charge in [0, 0.05) is 16.8 Å². The van der Waals surface area contributed by atoms with Crippen LogP contribution in [0, 0.1) is 6.92 Å². The highest BCUT2D eigenvalue weighted by Crippen LogP contribution is 2.24. The van der Waals surface area contributed by atoms with Gasteiger partial charge in [0.2, 0.25) is 5.91 Å². The second-order valence-corrected chi connectivity index (χ2v) is 6.40. The minimum absolute atomic E-state index is 0.0578. The van der Waals surface area contributed by atoms with E-state index in [9.17, 15) is 4.79 Å². The van der Waals surface area contributed by atoms with E-state index >= 15 is 0 Å². The summed E-state index contributed by atoms with van der Waals surface area (Å²) in [5.41, 5.74) is 0.495. The van der Waals surface area contributed by atoms with Crippen LogP contribution in [0.3, 0.4) is 0 Å². The molecule has 4 nitrogen and oxygen atoms in total. The first-order valence-electron chi connectivity index (χ1n) is 6.50. The van der Waals surface area contributed by atoms with Gasteiger partial charge >= 0.3 is 0 Å². The zero-order chi connectivity index (χ0) is 14.6. The lowest BCUT2D eigenvalue weighted by atomic mass is 10.1. The summed E-state index contributed by atoms with van der Waals surface area (Å²) in [5, 5.41) is 7.09. The van der Waals surface area contributed by atoms with Crippen molar-refractivity contribution in [3.8, 4) is 0 Å². The summed E-state index contributed by atoms with van der Waals surface area (Å²) in [6.07, 6.45) is 1.85. The largest absolute Gasteiger partial charge is 0.325 e. The Labute approximate surface area is 123 Å². The number of benzene rings is 1. The molecule has 0 saturated carbocycles. The van der Waals surface area contributed by atoms with Gasteiger partial charge < -0.3 is 5.32 Å². The molecule has 5 heteroatoms. The van der Waals surface area contributed by atoms with E-state index in [1.807, 2.05) is 57.3 Å². The maximum absolute atomic E-state index is 11.9. The molecule has 106 valence electrons. The second kappa shape index (κ2) is 6.15. The minimum Gasteiger partial charge on any atom is -0.325 e. The number of nitrogens with zero attached hydrogens (tertiary/aromatic N) is 1. The number of aromatic nitrogens is 1. The first kappa shape index (κ1) is 14.7. The van der Waals surface area contributed by atoms with E-state index in [0.29, 0.717) is 0 Å². The minimum atomic E-state index is -0.313. The standard InChI is InChI=1S/C15H19N3OS/c1-11-9-16-14(20-11)15(2,3)17-10-13(19)18-12-7-5-4-6-8-12/h4-9,17H,10H2,1-3H3,(H,18,19). The lowest BCUT2D eigenvalue weighted by molar-refractivity contribution is -0.115. The van der Waals surface area contributed by atoms with Gasteiger partial charge in [-0.15, -0.1) is 11.3 Å². The van der Waals surface area contributed by atoms with Gasteiger partial charge in [-0.25, -0.2) is 4.98 Å². The monoisotopic (exact) mass is 289 g/mol. The van der Waals surface area contributed by atoms with Crippen molar-refractivity contribution in [1.82, 2.24) is 10.3 Å². The van der Waals surface area contributed by atoms with Gasteiger partial charge in [0.1, 0.15) is 5.01 Å². The first-order valence-corrected chi connectivity index (χ1v) is 7.32. The Bertz CT molecular complexity index is 578. The van der Waals surface area contributed by atoms with Gasteiger partial charge in [-0.2, -0.15) is 0 Å². The van der Waals surface area contributed by atoms with Gasteiger partial charge in [0.05, 0.1) is 12.1 Å². The molecule has 0 atom stereocenters. The third kappa shape index (κ3) is 3.88. The van der Waals surface area contributed by atoms with Crippen LogP contribution in [0.4, 0.5) is 5.69 Å². The van der Waals surface area contributed by atoms with E-state index in [2.05, 4.69) is 15.6 Å². The molecule has 1 aromatic carbocycles. The SMILES string of the molecule is Cc1cnc(C(C)(C)NCC(=O)Nc2ccccc2)s1. The predicted octanol–water partition coefficient (Wildman–Crippen LogP) is 2.91. The fourth-order valence-corrected chi connectivity index (χ4v) is 2.59. The molecule has 2 N–H and O–H groups in total. The number of carbonyl (C=O) groups is 1. The molecular formula is C15H19N3OS. The molecule has 1 amide bonds. The molecule has 20 heavy (non-hydrogen) atoms. The molecule has 0 unspecified atom stereocenters. The fourth-order valence-electron chi connectivity index (χ4n) is 1.75. The zero-order valence-electron chi connectivity index (χ0n) is 11.9. The average Bonchev–Trinajstić information content (AvgIpc) is 2.85. The van der Waals surface area contributed by atoms with Crippen LogP contribution in [0.15, 0.2) is 36.5 Å². The molecule has 0 aliphatic carbocycles. The van der Waals surface area contributed by atoms with E-state index in [0.717, 1.165) is 10.7 Å². The van der Waals surface area contributed by atoms with Gasteiger partial charge in [-0.05, 0) is 32.9 Å². The molecule has 0 spiro atoms. The molecule has 1 heterocycles. The van der Waals surface area contributed by atoms with Crippen molar-refractivity contribution in [3.63, 3.8) is 0 Å². The van der Waals surface area contributed by atoms with Crippen molar-refractivity contribution in [2.24, 2.45) is 0 Å². The summed E-state index contributed by atoms with van der Waals surface area (Å²) < 4.78 is 0. The van der Waals surface area contributed by atoms with Crippen LogP contribution >= 0.6 is 11.3 Å². The van der Waals surface area contributed by atoms with Crippen LogP contribution in [-0.4, -0.2) is 17.4 Å². The molecule has 2 rings (SSSR count). The van der Waals surface area contributed by atoms with Crippen LogP contribution in [0.1, 0.15) is 23.7 Å². The average molecular weight is 289 g/mol. The highest BCUT2D eigenvalue weighted by Gasteiger charge is 2.24. The molecule has 0 fully saturated rings. The van der Waals surface area contributed by atoms with Crippen molar-refractivity contribution in [1.29, 1.82) is 0 Å². The third-order valence-electron chi connectivity index (χ3n) is 2.90. The Morgan fingerprint density at radius 1 is 1.30 bits per heavy atom. The van der Waals surface area contributed by atoms with E-state index in [4.69, 9.17) is 0 Å². The van der Waals surface area contributed by atoms with Crippen LogP contribution < -0.4 is 10.6 Å². The lowest BCUT2D eigenvalue weighted by Crippen LogP contribution is -2.41. The number of carbonyl (C=O) groups excluding carboxylic acids is 1. The van der Waals surface area contributed by atoms with E-state index in [-0.39, 0.29) is 18.0 Å². The highest BCUT2D eigenvalue weighted by molar-refractivity contribution is 7.11. The first-order chi connectivity index (χ1) is 9.47. The second-order valence-electron chi connectivity index (χ2n) is 5.17. The summed E-state index contributed by atoms with van der Waals surface area (Å²) in [7, 11) is 0. The van der Waals surface area contributed by atoms with Crippen LogP contribution in [0.2, 0.25) is 0 Å². The normalized spacial score (nSPS) is 11.3. The molecule has 0 radical (unpaired) electrons.